The number of fused-ring (bicyclic) bond motifs is 1. The van der Waals surface area contributed by atoms with Crippen molar-refractivity contribution in [1.29, 1.82) is 0 Å². The number of benzene rings is 1. The minimum atomic E-state index is -0.886. The predicted octanol–water partition coefficient (Wildman–Crippen LogP) is 2.32. The first-order valence-electron chi connectivity index (χ1n) is 10.2. The molecule has 9 nitrogen and oxygen atoms in total. The second-order valence-corrected chi connectivity index (χ2v) is 9.43. The van der Waals surface area contributed by atoms with Gasteiger partial charge in [0, 0.05) is 5.69 Å². The molecular weight excluding hydrogens is 386 g/mol. The molecule has 0 unspecified atom stereocenters. The number of aromatic nitrogens is 2. The number of imidazole rings is 1. The molecule has 2 fully saturated rings. The van der Waals surface area contributed by atoms with E-state index in [-0.39, 0.29) is 23.6 Å². The number of carbonyl (C=O) groups is 3. The van der Waals surface area contributed by atoms with E-state index in [1.54, 1.807) is 18.2 Å². The summed E-state index contributed by atoms with van der Waals surface area (Å²) in [7, 11) is 0. The van der Waals surface area contributed by atoms with Gasteiger partial charge in [-0.2, -0.15) is 0 Å². The topological polar surface area (TPSA) is 127 Å². The average Bonchev–Trinajstić information content (AvgIpc) is 3.13. The van der Waals surface area contributed by atoms with Gasteiger partial charge in [0.25, 0.3) is 5.91 Å². The lowest BCUT2D eigenvalue weighted by Crippen LogP contribution is -2.50. The smallest absolute Gasteiger partial charge is 0.324 e. The highest BCUT2D eigenvalue weighted by molar-refractivity contribution is 6.10. The molecule has 1 aromatic carbocycles. The molecule has 4 N–H and O–H groups in total. The number of carbonyl (C=O) groups excluding carboxylic acids is 3. The van der Waals surface area contributed by atoms with Gasteiger partial charge in [0.05, 0.1) is 11.0 Å². The number of amides is 4. The highest BCUT2D eigenvalue weighted by Gasteiger charge is 2.53. The van der Waals surface area contributed by atoms with Crippen molar-refractivity contribution in [3.8, 4) is 0 Å². The van der Waals surface area contributed by atoms with Crippen LogP contribution in [0.2, 0.25) is 0 Å². The fraction of sp³-hybridized carbons (Fsp3) is 0.524. The van der Waals surface area contributed by atoms with Crippen molar-refractivity contribution >= 4 is 34.6 Å². The molecule has 30 heavy (non-hydrogen) atoms. The fourth-order valence-electron chi connectivity index (χ4n) is 4.59. The largest absolute Gasteiger partial charge is 0.325 e. The van der Waals surface area contributed by atoms with Crippen LogP contribution in [0.4, 0.5) is 10.5 Å². The summed E-state index contributed by atoms with van der Waals surface area (Å²) in [6, 6.07) is 4.41. The highest BCUT2D eigenvalue weighted by Crippen LogP contribution is 2.43. The summed E-state index contributed by atoms with van der Waals surface area (Å²) in [6.07, 6.45) is 2.92. The molecule has 1 saturated carbocycles. The number of rotatable bonds is 3. The molecule has 1 aliphatic heterocycles. The van der Waals surface area contributed by atoms with E-state index in [2.05, 4.69) is 41.4 Å². The molecule has 1 saturated heterocycles. The van der Waals surface area contributed by atoms with Crippen molar-refractivity contribution in [2.45, 2.75) is 52.0 Å². The first-order chi connectivity index (χ1) is 14.1. The third-order valence-corrected chi connectivity index (χ3v) is 6.41. The zero-order chi connectivity index (χ0) is 21.7. The van der Waals surface area contributed by atoms with Crippen LogP contribution < -0.4 is 16.3 Å². The average molecular weight is 413 g/mol. The zero-order valence-electron chi connectivity index (χ0n) is 17.4. The number of nitrogens with zero attached hydrogens (tertiary/aromatic N) is 1. The monoisotopic (exact) mass is 413 g/mol. The number of hydrogen-bond acceptors (Lipinski definition) is 4. The van der Waals surface area contributed by atoms with Gasteiger partial charge in [-0.25, -0.2) is 9.59 Å². The Labute approximate surface area is 173 Å². The normalized spacial score (nSPS) is 24.5. The van der Waals surface area contributed by atoms with Gasteiger partial charge in [0.15, 0.2) is 0 Å². The molecule has 2 aliphatic rings. The van der Waals surface area contributed by atoms with Gasteiger partial charge in [0.2, 0.25) is 5.91 Å². The van der Waals surface area contributed by atoms with Crippen molar-refractivity contribution < 1.29 is 14.4 Å². The molecular formula is C21H27N5O4. The Hall–Kier alpha value is -3.10. The Bertz CT molecular complexity index is 1070. The number of nitrogens with one attached hydrogen (secondary N) is 4. The Morgan fingerprint density at radius 2 is 1.80 bits per heavy atom. The number of H-pyrrole nitrogens is 2. The molecule has 4 amide bonds. The van der Waals surface area contributed by atoms with Gasteiger partial charge in [-0.1, -0.05) is 20.8 Å². The standard InChI is InChI=1S/C21H27N5O4/c1-20(2,3)12-6-8-21(9-7-12)17(28)26(19(30)25-21)11-16(27)22-13-4-5-14-15(10-13)24-18(29)23-14/h4-5,10,12H,6-9,11H2,1-3H3,(H,22,27)(H,25,30)(H2,23,24,29). The minimum absolute atomic E-state index is 0.164. The highest BCUT2D eigenvalue weighted by atomic mass is 16.2. The summed E-state index contributed by atoms with van der Waals surface area (Å²) in [4.78, 5) is 55.6. The third-order valence-electron chi connectivity index (χ3n) is 6.41. The molecule has 2 aromatic rings. The molecule has 1 aliphatic carbocycles. The minimum Gasteiger partial charge on any atom is -0.324 e. The number of hydrogen-bond donors (Lipinski definition) is 4. The van der Waals surface area contributed by atoms with E-state index >= 15 is 0 Å². The molecule has 1 aromatic heterocycles. The molecule has 0 atom stereocenters. The van der Waals surface area contributed by atoms with E-state index in [0.29, 0.717) is 35.5 Å². The SMILES string of the molecule is CC(C)(C)C1CCC2(CC1)NC(=O)N(CC(=O)Nc1ccc3[nH]c(=O)[nH]c3c1)C2=O. The number of aromatic amines is 2. The van der Waals surface area contributed by atoms with Gasteiger partial charge in [-0.15, -0.1) is 0 Å². The van der Waals surface area contributed by atoms with Crippen molar-refractivity contribution in [2.75, 3.05) is 11.9 Å². The lowest BCUT2D eigenvalue weighted by Gasteiger charge is -2.40. The Morgan fingerprint density at radius 3 is 2.47 bits per heavy atom. The van der Waals surface area contributed by atoms with Crippen LogP contribution in [-0.4, -0.2) is 44.8 Å². The Morgan fingerprint density at radius 1 is 1.13 bits per heavy atom. The molecule has 0 radical (unpaired) electrons. The lowest BCUT2D eigenvalue weighted by molar-refractivity contribution is -0.135. The van der Waals surface area contributed by atoms with Gasteiger partial charge < -0.3 is 20.6 Å². The summed E-state index contributed by atoms with van der Waals surface area (Å²) in [5.74, 6) is -0.295. The summed E-state index contributed by atoms with van der Waals surface area (Å²) >= 11 is 0. The van der Waals surface area contributed by atoms with Crippen LogP contribution >= 0.6 is 0 Å². The zero-order valence-corrected chi connectivity index (χ0v) is 17.4. The summed E-state index contributed by atoms with van der Waals surface area (Å²) in [6.45, 7) is 6.24. The van der Waals surface area contributed by atoms with Crippen LogP contribution in [0, 0.1) is 11.3 Å². The number of imide groups is 1. The molecule has 9 heteroatoms. The second kappa shape index (κ2) is 7.00. The lowest BCUT2D eigenvalue weighted by atomic mass is 9.67. The first-order valence-corrected chi connectivity index (χ1v) is 10.2. The van der Waals surface area contributed by atoms with Crippen molar-refractivity contribution in [1.82, 2.24) is 20.2 Å². The maximum absolute atomic E-state index is 13.0. The maximum atomic E-state index is 13.0. The van der Waals surface area contributed by atoms with Crippen LogP contribution in [0.1, 0.15) is 46.5 Å². The van der Waals surface area contributed by atoms with Crippen LogP contribution in [0.15, 0.2) is 23.0 Å². The summed E-state index contributed by atoms with van der Waals surface area (Å²) < 4.78 is 0. The van der Waals surface area contributed by atoms with E-state index in [0.717, 1.165) is 17.7 Å². The van der Waals surface area contributed by atoms with Gasteiger partial charge >= 0.3 is 11.7 Å². The van der Waals surface area contributed by atoms with Crippen LogP contribution in [-0.2, 0) is 9.59 Å². The number of anilines is 1. The van der Waals surface area contributed by atoms with E-state index in [4.69, 9.17) is 0 Å². The quantitative estimate of drug-likeness (QED) is 0.576. The Balaban J connectivity index is 1.41. The van der Waals surface area contributed by atoms with Crippen LogP contribution in [0.5, 0.6) is 0 Å². The summed E-state index contributed by atoms with van der Waals surface area (Å²) in [5.41, 5.74) is 0.595. The van der Waals surface area contributed by atoms with E-state index in [1.165, 1.54) is 0 Å². The Kier molecular flexibility index (Phi) is 4.71. The summed E-state index contributed by atoms with van der Waals surface area (Å²) in [5, 5.41) is 5.53. The van der Waals surface area contributed by atoms with Crippen LogP contribution in [0.3, 0.4) is 0 Å². The number of urea groups is 1. The van der Waals surface area contributed by atoms with Crippen molar-refractivity contribution in [3.63, 3.8) is 0 Å². The van der Waals surface area contributed by atoms with E-state index in [1.807, 2.05) is 0 Å². The third kappa shape index (κ3) is 3.59. The van der Waals surface area contributed by atoms with Crippen molar-refractivity contribution in [3.05, 3.63) is 28.7 Å². The van der Waals surface area contributed by atoms with Crippen LogP contribution in [0.25, 0.3) is 11.0 Å². The van der Waals surface area contributed by atoms with E-state index in [9.17, 15) is 19.2 Å². The second-order valence-electron chi connectivity index (χ2n) is 9.43. The van der Waals surface area contributed by atoms with E-state index < -0.39 is 17.5 Å². The predicted molar refractivity (Wildman–Crippen MR) is 112 cm³/mol. The molecule has 0 bridgehead atoms. The molecule has 4 rings (SSSR count). The molecule has 1 spiro atoms. The van der Waals surface area contributed by atoms with Gasteiger partial charge in [0.1, 0.15) is 12.1 Å². The van der Waals surface area contributed by atoms with Gasteiger partial charge in [-0.3, -0.25) is 14.5 Å². The maximum Gasteiger partial charge on any atom is 0.325 e. The van der Waals surface area contributed by atoms with Crippen molar-refractivity contribution in [2.24, 2.45) is 11.3 Å². The molecule has 160 valence electrons. The fourth-order valence-corrected chi connectivity index (χ4v) is 4.59. The molecule has 2 heterocycles. The first kappa shape index (κ1) is 20.2. The van der Waals surface area contributed by atoms with Gasteiger partial charge in [-0.05, 0) is 55.2 Å².